The number of hydrogen-bond acceptors (Lipinski definition) is 2. The van der Waals surface area contributed by atoms with Gasteiger partial charge in [0.1, 0.15) is 0 Å². The first kappa shape index (κ1) is 18.0. The van der Waals surface area contributed by atoms with Gasteiger partial charge in [-0.3, -0.25) is 0 Å². The molecule has 0 radical (unpaired) electrons. The molecule has 1 aromatic rings. The highest BCUT2D eigenvalue weighted by atomic mass is 35.5. The van der Waals surface area contributed by atoms with Gasteiger partial charge >= 0.3 is 0 Å². The van der Waals surface area contributed by atoms with Crippen LogP contribution in [0.3, 0.4) is 0 Å². The molecule has 0 fully saturated rings. The second kappa shape index (κ2) is 8.23. The molecule has 0 saturated heterocycles. The van der Waals surface area contributed by atoms with Gasteiger partial charge in [-0.05, 0) is 42.5 Å². The van der Waals surface area contributed by atoms with Crippen LogP contribution in [-0.2, 0) is 0 Å². The lowest BCUT2D eigenvalue weighted by Crippen LogP contribution is -2.26. The molecule has 0 aliphatic carbocycles. The molecule has 0 aliphatic rings. The molecule has 18 heavy (non-hydrogen) atoms. The minimum absolute atomic E-state index is 0. The van der Waals surface area contributed by atoms with E-state index in [1.165, 1.54) is 0 Å². The SMILES string of the molecule is CC(C)CC[C@@H](O)[C@@H](N)c1cc(Cl)cc(Cl)c1.Cl. The molecular weight excluding hydrogens is 293 g/mol. The largest absolute Gasteiger partial charge is 0.391 e. The zero-order chi connectivity index (χ0) is 13.0. The van der Waals surface area contributed by atoms with E-state index in [1.807, 2.05) is 0 Å². The lowest BCUT2D eigenvalue weighted by molar-refractivity contribution is 0.128. The number of hydrogen-bond donors (Lipinski definition) is 2. The standard InChI is InChI=1S/C13H19Cl2NO.ClH/c1-8(2)3-4-12(17)13(16)9-5-10(14)7-11(15)6-9;/h5-8,12-13,17H,3-4,16H2,1-2H3;1H/t12-,13+;/m1./s1. The average Bonchev–Trinajstić information content (AvgIpc) is 2.23. The third-order valence-corrected chi connectivity index (χ3v) is 3.16. The summed E-state index contributed by atoms with van der Waals surface area (Å²) in [5.74, 6) is 0.555. The first-order valence-corrected chi connectivity index (χ1v) is 6.55. The molecule has 0 aromatic heterocycles. The fourth-order valence-electron chi connectivity index (χ4n) is 1.67. The minimum atomic E-state index is -0.563. The van der Waals surface area contributed by atoms with E-state index in [0.29, 0.717) is 22.4 Å². The second-order valence-electron chi connectivity index (χ2n) is 4.77. The molecule has 2 atom stereocenters. The van der Waals surface area contributed by atoms with Gasteiger partial charge in [-0.15, -0.1) is 12.4 Å². The summed E-state index contributed by atoms with van der Waals surface area (Å²) in [4.78, 5) is 0. The normalized spacial score (nSPS) is 14.2. The van der Waals surface area contributed by atoms with Crippen LogP contribution in [0.2, 0.25) is 10.0 Å². The number of nitrogens with two attached hydrogens (primary N) is 1. The zero-order valence-corrected chi connectivity index (χ0v) is 12.9. The first-order valence-electron chi connectivity index (χ1n) is 5.79. The maximum Gasteiger partial charge on any atom is 0.0732 e. The second-order valence-corrected chi connectivity index (χ2v) is 5.64. The van der Waals surface area contributed by atoms with Crippen molar-refractivity contribution in [2.24, 2.45) is 11.7 Å². The van der Waals surface area contributed by atoms with Crippen molar-refractivity contribution in [3.63, 3.8) is 0 Å². The van der Waals surface area contributed by atoms with Crippen LogP contribution in [-0.4, -0.2) is 11.2 Å². The Morgan fingerprint density at radius 3 is 2.06 bits per heavy atom. The van der Waals surface area contributed by atoms with Crippen molar-refractivity contribution < 1.29 is 5.11 Å². The van der Waals surface area contributed by atoms with Crippen molar-refractivity contribution in [2.45, 2.75) is 38.8 Å². The van der Waals surface area contributed by atoms with Crippen molar-refractivity contribution in [2.75, 3.05) is 0 Å². The molecule has 0 bridgehead atoms. The topological polar surface area (TPSA) is 46.2 Å². The first-order chi connectivity index (χ1) is 7.90. The lowest BCUT2D eigenvalue weighted by atomic mass is 9.96. The van der Waals surface area contributed by atoms with Crippen LogP contribution in [0.5, 0.6) is 0 Å². The number of benzene rings is 1. The maximum atomic E-state index is 9.99. The third kappa shape index (κ3) is 5.77. The Kier molecular flexibility index (Phi) is 8.24. The molecule has 5 heteroatoms. The van der Waals surface area contributed by atoms with Gasteiger partial charge in [-0.2, -0.15) is 0 Å². The average molecular weight is 313 g/mol. The van der Waals surface area contributed by atoms with Gasteiger partial charge in [0.25, 0.3) is 0 Å². The van der Waals surface area contributed by atoms with E-state index >= 15 is 0 Å². The van der Waals surface area contributed by atoms with E-state index in [9.17, 15) is 5.11 Å². The van der Waals surface area contributed by atoms with Gasteiger partial charge in [0.2, 0.25) is 0 Å². The molecule has 3 N–H and O–H groups in total. The smallest absolute Gasteiger partial charge is 0.0732 e. The fraction of sp³-hybridized carbons (Fsp3) is 0.538. The third-order valence-electron chi connectivity index (χ3n) is 2.72. The Balaban J connectivity index is 0.00000289. The Morgan fingerprint density at radius 1 is 1.11 bits per heavy atom. The summed E-state index contributed by atoms with van der Waals surface area (Å²) in [5, 5.41) is 11.1. The molecule has 0 unspecified atom stereocenters. The predicted molar refractivity (Wildman–Crippen MR) is 80.7 cm³/mol. The molecule has 104 valence electrons. The monoisotopic (exact) mass is 311 g/mol. The van der Waals surface area contributed by atoms with Crippen molar-refractivity contribution in [3.8, 4) is 0 Å². The molecule has 0 amide bonds. The van der Waals surface area contributed by atoms with Crippen molar-refractivity contribution in [1.29, 1.82) is 0 Å². The van der Waals surface area contributed by atoms with Gasteiger partial charge < -0.3 is 10.8 Å². The van der Waals surface area contributed by atoms with Gasteiger partial charge in [-0.1, -0.05) is 37.0 Å². The number of aliphatic hydroxyl groups is 1. The molecule has 1 aromatic carbocycles. The van der Waals surface area contributed by atoms with Gasteiger partial charge in [0.05, 0.1) is 12.1 Å². The highest BCUT2D eigenvalue weighted by Gasteiger charge is 2.17. The van der Waals surface area contributed by atoms with Crippen molar-refractivity contribution >= 4 is 35.6 Å². The zero-order valence-electron chi connectivity index (χ0n) is 10.6. The van der Waals surface area contributed by atoms with E-state index in [0.717, 1.165) is 12.0 Å². The van der Waals surface area contributed by atoms with Crippen LogP contribution in [0.15, 0.2) is 18.2 Å². The van der Waals surface area contributed by atoms with Crippen molar-refractivity contribution in [3.05, 3.63) is 33.8 Å². The van der Waals surface area contributed by atoms with Gasteiger partial charge in [0, 0.05) is 10.0 Å². The fourth-order valence-corrected chi connectivity index (χ4v) is 2.22. The van der Waals surface area contributed by atoms with E-state index in [1.54, 1.807) is 18.2 Å². The summed E-state index contributed by atoms with van der Waals surface area (Å²) in [5.41, 5.74) is 6.77. The Labute approximate surface area is 125 Å². The van der Waals surface area contributed by atoms with Gasteiger partial charge in [0.15, 0.2) is 0 Å². The Morgan fingerprint density at radius 2 is 1.61 bits per heavy atom. The molecule has 0 saturated carbocycles. The Bertz CT molecular complexity index is 351. The molecule has 2 nitrogen and oxygen atoms in total. The number of halogens is 3. The van der Waals surface area contributed by atoms with Gasteiger partial charge in [-0.25, -0.2) is 0 Å². The Hall–Kier alpha value is 0.01000. The number of rotatable bonds is 5. The summed E-state index contributed by atoms with van der Waals surface area (Å²) in [6, 6.07) is 4.71. The van der Waals surface area contributed by atoms with Crippen LogP contribution in [0.4, 0.5) is 0 Å². The van der Waals surface area contributed by atoms with E-state index in [4.69, 9.17) is 28.9 Å². The number of aliphatic hydroxyl groups excluding tert-OH is 1. The molecule has 0 spiro atoms. The van der Waals surface area contributed by atoms with Crippen LogP contribution < -0.4 is 5.73 Å². The van der Waals surface area contributed by atoms with Crippen LogP contribution >= 0.6 is 35.6 Å². The van der Waals surface area contributed by atoms with E-state index < -0.39 is 12.1 Å². The summed E-state index contributed by atoms with van der Waals surface area (Å²) in [6.07, 6.45) is 1.07. The highest BCUT2D eigenvalue weighted by Crippen LogP contribution is 2.25. The quantitative estimate of drug-likeness (QED) is 0.855. The lowest BCUT2D eigenvalue weighted by Gasteiger charge is -2.20. The molecule has 0 aliphatic heterocycles. The van der Waals surface area contributed by atoms with Crippen LogP contribution in [0, 0.1) is 5.92 Å². The minimum Gasteiger partial charge on any atom is -0.391 e. The summed E-state index contributed by atoms with van der Waals surface area (Å²) >= 11 is 11.8. The highest BCUT2D eigenvalue weighted by molar-refractivity contribution is 6.34. The van der Waals surface area contributed by atoms with Crippen LogP contribution in [0.1, 0.15) is 38.3 Å². The predicted octanol–water partition coefficient (Wildman–Crippen LogP) is 4.21. The summed E-state index contributed by atoms with van der Waals surface area (Å²) < 4.78 is 0. The van der Waals surface area contributed by atoms with E-state index in [2.05, 4.69) is 13.8 Å². The summed E-state index contributed by atoms with van der Waals surface area (Å²) in [6.45, 7) is 4.24. The molecule has 0 heterocycles. The van der Waals surface area contributed by atoms with Crippen LogP contribution in [0.25, 0.3) is 0 Å². The molecular formula is C13H20Cl3NO. The maximum absolute atomic E-state index is 9.99. The van der Waals surface area contributed by atoms with E-state index in [-0.39, 0.29) is 12.4 Å². The molecule has 1 rings (SSSR count). The summed E-state index contributed by atoms with van der Waals surface area (Å²) in [7, 11) is 0. The van der Waals surface area contributed by atoms with Crippen molar-refractivity contribution in [1.82, 2.24) is 0 Å².